The van der Waals surface area contributed by atoms with Crippen molar-refractivity contribution < 1.29 is 14.9 Å². The molecule has 0 atom stereocenters. The second-order valence-electron chi connectivity index (χ2n) is 4.32. The normalized spacial score (nSPS) is 10.2. The van der Waals surface area contributed by atoms with E-state index in [0.717, 1.165) is 17.9 Å². The first kappa shape index (κ1) is 14.0. The Balaban J connectivity index is 1.99. The quantitative estimate of drug-likeness (QED) is 0.370. The van der Waals surface area contributed by atoms with E-state index >= 15 is 0 Å². The topological polar surface area (TPSA) is 73.8 Å². The highest BCUT2D eigenvalue weighted by atomic mass is 16.5. The van der Waals surface area contributed by atoms with Crippen LogP contribution in [0.25, 0.3) is 0 Å². The molecule has 20 heavy (non-hydrogen) atoms. The van der Waals surface area contributed by atoms with Crippen molar-refractivity contribution in [1.29, 1.82) is 0 Å². The molecule has 0 aliphatic carbocycles. The lowest BCUT2D eigenvalue weighted by Gasteiger charge is -2.10. The van der Waals surface area contributed by atoms with Crippen LogP contribution in [0.5, 0.6) is 11.5 Å². The van der Waals surface area contributed by atoms with Gasteiger partial charge in [-0.05, 0) is 36.4 Å². The van der Waals surface area contributed by atoms with Gasteiger partial charge in [0.15, 0.2) is 0 Å². The van der Waals surface area contributed by atoms with Crippen molar-refractivity contribution in [3.8, 4) is 11.5 Å². The van der Waals surface area contributed by atoms with E-state index in [2.05, 4.69) is 10.6 Å². The maximum absolute atomic E-state index is 9.70. The van der Waals surface area contributed by atoms with Crippen molar-refractivity contribution in [3.05, 3.63) is 42.5 Å². The molecule has 0 aliphatic heterocycles. The average molecular weight is 274 g/mol. The molecule has 0 spiro atoms. The van der Waals surface area contributed by atoms with E-state index in [0.29, 0.717) is 12.3 Å². The Morgan fingerprint density at radius 2 is 1.70 bits per heavy atom. The highest BCUT2D eigenvalue weighted by Gasteiger charge is 2.02. The molecule has 0 aromatic heterocycles. The number of hydrogen-bond acceptors (Lipinski definition) is 5. The zero-order chi connectivity index (χ0) is 14.4. The van der Waals surface area contributed by atoms with E-state index in [4.69, 9.17) is 4.74 Å². The zero-order valence-electron chi connectivity index (χ0n) is 11.3. The largest absolute Gasteiger partial charge is 0.508 e. The van der Waals surface area contributed by atoms with Crippen molar-refractivity contribution in [2.75, 3.05) is 30.9 Å². The molecule has 0 amide bonds. The molecule has 0 saturated carbocycles. The maximum Gasteiger partial charge on any atom is 0.142 e. The highest BCUT2D eigenvalue weighted by molar-refractivity contribution is 5.68. The Labute approximate surface area is 117 Å². The monoisotopic (exact) mass is 274 g/mol. The van der Waals surface area contributed by atoms with Gasteiger partial charge < -0.3 is 25.6 Å². The number of hydrogen-bond donors (Lipinski definition) is 4. The van der Waals surface area contributed by atoms with Gasteiger partial charge in [-0.1, -0.05) is 0 Å². The van der Waals surface area contributed by atoms with Gasteiger partial charge in [-0.2, -0.15) is 0 Å². The molecular formula is C15H18N2O3. The number of phenolic OH excluding ortho intramolecular Hbond substituents is 2. The Bertz CT molecular complexity index is 556. The minimum atomic E-state index is 0.00676. The molecule has 0 bridgehead atoms. The summed E-state index contributed by atoms with van der Waals surface area (Å²) in [5, 5.41) is 25.2. The third-order valence-electron chi connectivity index (χ3n) is 2.78. The summed E-state index contributed by atoms with van der Waals surface area (Å²) in [5.41, 5.74) is 2.40. The van der Waals surface area contributed by atoms with Gasteiger partial charge in [-0.15, -0.1) is 0 Å². The SMILES string of the molecule is COCCNc1ccc(Nc2ccc(O)cc2O)cc1. The van der Waals surface area contributed by atoms with Crippen LogP contribution in [0.1, 0.15) is 0 Å². The van der Waals surface area contributed by atoms with E-state index in [9.17, 15) is 10.2 Å². The predicted molar refractivity (Wildman–Crippen MR) is 79.9 cm³/mol. The van der Waals surface area contributed by atoms with Gasteiger partial charge in [0.2, 0.25) is 0 Å². The maximum atomic E-state index is 9.70. The lowest BCUT2D eigenvalue weighted by molar-refractivity contribution is 0.211. The Morgan fingerprint density at radius 3 is 2.35 bits per heavy atom. The lowest BCUT2D eigenvalue weighted by Crippen LogP contribution is -2.07. The minimum Gasteiger partial charge on any atom is -0.508 e. The Morgan fingerprint density at radius 1 is 1.00 bits per heavy atom. The number of benzene rings is 2. The fraction of sp³-hybridized carbons (Fsp3) is 0.200. The first-order valence-electron chi connectivity index (χ1n) is 6.31. The number of methoxy groups -OCH3 is 1. The van der Waals surface area contributed by atoms with Crippen LogP contribution in [-0.4, -0.2) is 30.5 Å². The molecule has 0 saturated heterocycles. The summed E-state index contributed by atoms with van der Waals surface area (Å²) in [7, 11) is 1.67. The first-order chi connectivity index (χ1) is 9.69. The fourth-order valence-electron chi connectivity index (χ4n) is 1.75. The van der Waals surface area contributed by atoms with Crippen LogP contribution in [0, 0.1) is 0 Å². The number of anilines is 3. The van der Waals surface area contributed by atoms with Crippen LogP contribution < -0.4 is 10.6 Å². The highest BCUT2D eigenvalue weighted by Crippen LogP contribution is 2.30. The summed E-state index contributed by atoms with van der Waals surface area (Å²) in [6.45, 7) is 1.41. The molecule has 0 radical (unpaired) electrons. The lowest BCUT2D eigenvalue weighted by atomic mass is 10.2. The summed E-state index contributed by atoms with van der Waals surface area (Å²) in [4.78, 5) is 0. The molecule has 2 rings (SSSR count). The third-order valence-corrected chi connectivity index (χ3v) is 2.78. The number of rotatable bonds is 6. The van der Waals surface area contributed by atoms with Crippen molar-refractivity contribution in [2.24, 2.45) is 0 Å². The van der Waals surface area contributed by atoms with Crippen molar-refractivity contribution in [3.63, 3.8) is 0 Å². The number of ether oxygens (including phenoxy) is 1. The van der Waals surface area contributed by atoms with E-state index < -0.39 is 0 Å². The van der Waals surface area contributed by atoms with E-state index in [1.807, 2.05) is 24.3 Å². The molecule has 2 aromatic rings. The number of nitrogens with one attached hydrogen (secondary N) is 2. The Hall–Kier alpha value is -2.40. The van der Waals surface area contributed by atoms with Gasteiger partial charge in [0.05, 0.1) is 12.3 Å². The van der Waals surface area contributed by atoms with E-state index in [1.54, 1.807) is 13.2 Å². The van der Waals surface area contributed by atoms with Crippen molar-refractivity contribution in [2.45, 2.75) is 0 Å². The van der Waals surface area contributed by atoms with Gasteiger partial charge in [-0.3, -0.25) is 0 Å². The molecule has 2 aromatic carbocycles. The standard InChI is InChI=1S/C15H18N2O3/c1-20-9-8-16-11-2-4-12(5-3-11)17-14-7-6-13(18)10-15(14)19/h2-7,10,16-19H,8-9H2,1H3. The van der Waals surface area contributed by atoms with Crippen molar-refractivity contribution in [1.82, 2.24) is 0 Å². The van der Waals surface area contributed by atoms with Gasteiger partial charge in [0.25, 0.3) is 0 Å². The van der Waals surface area contributed by atoms with Crippen LogP contribution in [0.2, 0.25) is 0 Å². The van der Waals surface area contributed by atoms with Gasteiger partial charge in [-0.25, -0.2) is 0 Å². The fourth-order valence-corrected chi connectivity index (χ4v) is 1.75. The molecule has 0 heterocycles. The molecule has 0 unspecified atom stereocenters. The zero-order valence-corrected chi connectivity index (χ0v) is 11.3. The summed E-state index contributed by atoms with van der Waals surface area (Å²) in [6, 6.07) is 12.1. The summed E-state index contributed by atoms with van der Waals surface area (Å²) in [5.74, 6) is 0.0398. The van der Waals surface area contributed by atoms with Crippen molar-refractivity contribution >= 4 is 17.1 Å². The average Bonchev–Trinajstić information content (AvgIpc) is 2.44. The predicted octanol–water partition coefficient (Wildman–Crippen LogP) is 2.90. The van der Waals surface area contributed by atoms with Crippen LogP contribution in [0.3, 0.4) is 0 Å². The molecule has 5 nitrogen and oxygen atoms in total. The van der Waals surface area contributed by atoms with Gasteiger partial charge >= 0.3 is 0 Å². The molecule has 0 fully saturated rings. The first-order valence-corrected chi connectivity index (χ1v) is 6.31. The summed E-state index contributed by atoms with van der Waals surface area (Å²) < 4.78 is 4.97. The third kappa shape index (κ3) is 3.80. The number of aromatic hydroxyl groups is 2. The van der Waals surface area contributed by atoms with Crippen LogP contribution in [0.15, 0.2) is 42.5 Å². The smallest absolute Gasteiger partial charge is 0.142 e. The van der Waals surface area contributed by atoms with Gasteiger partial charge in [0, 0.05) is 31.1 Å². The molecule has 106 valence electrons. The summed E-state index contributed by atoms with van der Waals surface area (Å²) >= 11 is 0. The molecule has 4 N–H and O–H groups in total. The molecule has 0 aliphatic rings. The van der Waals surface area contributed by atoms with E-state index in [1.165, 1.54) is 12.1 Å². The molecular weight excluding hydrogens is 256 g/mol. The van der Waals surface area contributed by atoms with Crippen LogP contribution in [-0.2, 0) is 4.74 Å². The second-order valence-corrected chi connectivity index (χ2v) is 4.32. The van der Waals surface area contributed by atoms with Crippen LogP contribution in [0.4, 0.5) is 17.1 Å². The second kappa shape index (κ2) is 6.68. The molecule has 5 heteroatoms. The van der Waals surface area contributed by atoms with E-state index in [-0.39, 0.29) is 11.5 Å². The summed E-state index contributed by atoms with van der Waals surface area (Å²) in [6.07, 6.45) is 0. The number of phenols is 2. The van der Waals surface area contributed by atoms with Gasteiger partial charge in [0.1, 0.15) is 11.5 Å². The minimum absolute atomic E-state index is 0.00676. The van der Waals surface area contributed by atoms with Crippen LogP contribution >= 0.6 is 0 Å². The Kier molecular flexibility index (Phi) is 4.68.